The van der Waals surface area contributed by atoms with Crippen molar-refractivity contribution in [2.24, 2.45) is 9.98 Å². The Labute approximate surface area is 201 Å². The van der Waals surface area contributed by atoms with Gasteiger partial charge in [0.15, 0.2) is 0 Å². The van der Waals surface area contributed by atoms with E-state index in [0.717, 1.165) is 35.7 Å². The number of hydrogen-bond acceptors (Lipinski definition) is 4. The maximum atomic E-state index is 5.42. The number of fused-ring (bicyclic) bond motifs is 2. The fraction of sp³-hybridized carbons (Fsp3) is 0.222. The van der Waals surface area contributed by atoms with Crippen molar-refractivity contribution in [3.63, 3.8) is 0 Å². The van der Waals surface area contributed by atoms with Crippen molar-refractivity contribution in [2.75, 3.05) is 26.3 Å². The zero-order valence-electron chi connectivity index (χ0n) is 15.7. The molecule has 4 rings (SSSR count). The van der Waals surface area contributed by atoms with Gasteiger partial charge in [-0.25, -0.2) is 0 Å². The molecule has 0 saturated carbocycles. The molecule has 0 saturated heterocycles. The molecular formula is C18H30Br2N2NiO6+4. The Bertz CT molecular complexity index is 648. The number of benzene rings is 2. The summed E-state index contributed by atoms with van der Waals surface area (Å²) in [4.78, 5) is 8.32. The number of para-hydroxylation sites is 2. The summed E-state index contributed by atoms with van der Waals surface area (Å²) in [5.74, 6) is 1.88. The Morgan fingerprint density at radius 3 is 1.31 bits per heavy atom. The molecule has 0 bridgehead atoms. The second-order valence-corrected chi connectivity index (χ2v) is 4.84. The fourth-order valence-corrected chi connectivity index (χ4v) is 2.18. The van der Waals surface area contributed by atoms with E-state index in [4.69, 9.17) is 9.47 Å². The first-order valence-corrected chi connectivity index (χ1v) is 7.37. The smallest absolute Gasteiger partial charge is 1.00 e. The van der Waals surface area contributed by atoms with E-state index in [1.807, 2.05) is 61.0 Å². The van der Waals surface area contributed by atoms with E-state index in [0.29, 0.717) is 13.2 Å². The molecule has 0 aliphatic carbocycles. The van der Waals surface area contributed by atoms with Gasteiger partial charge in [-0.3, -0.25) is 9.98 Å². The molecule has 0 amide bonds. The Kier molecular flexibility index (Phi) is 28.2. The van der Waals surface area contributed by atoms with Crippen molar-refractivity contribution in [2.45, 2.75) is 0 Å². The third kappa shape index (κ3) is 12.1. The van der Waals surface area contributed by atoms with Gasteiger partial charge in [-0.05, 0) is 24.3 Å². The van der Waals surface area contributed by atoms with Crippen LogP contribution in [-0.2, 0) is 38.4 Å². The van der Waals surface area contributed by atoms with Gasteiger partial charge in [0.05, 0.1) is 13.1 Å². The van der Waals surface area contributed by atoms with Gasteiger partial charge in [-0.1, -0.05) is 24.3 Å². The van der Waals surface area contributed by atoms with E-state index >= 15 is 0 Å². The van der Waals surface area contributed by atoms with Crippen LogP contribution < -0.4 is 43.4 Å². The Morgan fingerprint density at radius 1 is 0.586 bits per heavy atom. The summed E-state index contributed by atoms with van der Waals surface area (Å²) < 4.78 is 10.8. The molecule has 2 aromatic carbocycles. The van der Waals surface area contributed by atoms with E-state index in [-0.39, 0.29) is 72.4 Å². The normalized spacial score (nSPS) is 11.3. The molecule has 0 atom stereocenters. The number of rotatable bonds is 0. The Hall–Kier alpha value is -1.33. The monoisotopic (exact) mass is 586 g/mol. The number of nitrogens with zero attached hydrogens (tertiary/aromatic N) is 2. The van der Waals surface area contributed by atoms with Crippen LogP contribution in [0, 0.1) is 0 Å². The second kappa shape index (κ2) is 21.4. The van der Waals surface area contributed by atoms with Gasteiger partial charge in [-0.2, -0.15) is 0 Å². The van der Waals surface area contributed by atoms with Crippen LogP contribution in [0.3, 0.4) is 0 Å². The molecule has 2 heterocycles. The van der Waals surface area contributed by atoms with Gasteiger partial charge < -0.3 is 65.3 Å². The van der Waals surface area contributed by atoms with Crippen molar-refractivity contribution in [3.05, 3.63) is 59.7 Å². The van der Waals surface area contributed by atoms with Crippen LogP contribution in [0.15, 0.2) is 58.5 Å². The molecule has 0 fully saturated rings. The van der Waals surface area contributed by atoms with Gasteiger partial charge in [0.2, 0.25) is 0 Å². The predicted molar refractivity (Wildman–Crippen MR) is 108 cm³/mol. The van der Waals surface area contributed by atoms with Crippen LogP contribution in [0.4, 0.5) is 0 Å². The van der Waals surface area contributed by atoms with E-state index in [9.17, 15) is 0 Å². The standard InChI is InChI=1S/2C9H9NO.2BrH.Ni.4H2O/c2*1-2-4-9-8(3-1)7-10-5-6-11-9;;;;;;;/h2*1-4,7H,5-6H2;2*1H;;4*1H2/q;;;;+2;;;;/p+2. The first-order chi connectivity index (χ1) is 10.9. The second-order valence-electron chi connectivity index (χ2n) is 4.84. The van der Waals surface area contributed by atoms with Crippen LogP contribution in [-0.4, -0.2) is 38.7 Å². The van der Waals surface area contributed by atoms with E-state index < -0.39 is 0 Å². The van der Waals surface area contributed by atoms with E-state index in [1.54, 1.807) is 0 Å². The molecule has 0 unspecified atom stereocenters. The first-order valence-electron chi connectivity index (χ1n) is 7.37. The van der Waals surface area contributed by atoms with Crippen molar-refractivity contribution in [1.29, 1.82) is 0 Å². The molecule has 11 heteroatoms. The summed E-state index contributed by atoms with van der Waals surface area (Å²) in [6.45, 7) is 2.89. The molecule has 29 heavy (non-hydrogen) atoms. The average Bonchev–Trinajstić information content (AvgIpc) is 2.95. The quantitative estimate of drug-likeness (QED) is 0.220. The van der Waals surface area contributed by atoms with E-state index in [2.05, 4.69) is 9.98 Å². The van der Waals surface area contributed by atoms with Gasteiger partial charge in [-0.15, -0.1) is 0 Å². The molecule has 0 aromatic heterocycles. The van der Waals surface area contributed by atoms with Crippen LogP contribution in [0.1, 0.15) is 11.1 Å². The summed E-state index contributed by atoms with van der Waals surface area (Å²) >= 11 is 0. The minimum Gasteiger partial charge on any atom is -1.00 e. The molecule has 0 radical (unpaired) electrons. The summed E-state index contributed by atoms with van der Waals surface area (Å²) in [5.41, 5.74) is 2.15. The number of hydrogen-bond donors (Lipinski definition) is 0. The van der Waals surface area contributed by atoms with Gasteiger partial charge in [0.25, 0.3) is 0 Å². The summed E-state index contributed by atoms with van der Waals surface area (Å²) in [7, 11) is 0. The number of halogens is 2. The van der Waals surface area contributed by atoms with Gasteiger partial charge >= 0.3 is 16.5 Å². The third-order valence-electron chi connectivity index (χ3n) is 3.25. The topological polar surface area (TPSA) is 175 Å². The first kappa shape index (κ1) is 38.3. The number of aliphatic imine (C=N–C) groups is 2. The maximum Gasteiger partial charge on any atom is 2.00 e. The fourth-order valence-electron chi connectivity index (χ4n) is 2.18. The summed E-state index contributed by atoms with van der Waals surface area (Å²) in [6.07, 6.45) is 3.73. The minimum absolute atomic E-state index is 0. The predicted octanol–water partition coefficient (Wildman–Crippen LogP) is -6.69. The van der Waals surface area contributed by atoms with Crippen molar-refractivity contribution < 1.29 is 81.8 Å². The summed E-state index contributed by atoms with van der Waals surface area (Å²) in [5, 5.41) is 0. The summed E-state index contributed by atoms with van der Waals surface area (Å²) in [6, 6.07) is 15.8. The Morgan fingerprint density at radius 2 is 0.931 bits per heavy atom. The van der Waals surface area contributed by atoms with Crippen LogP contribution in [0.2, 0.25) is 0 Å². The molecule has 2 aliphatic rings. The van der Waals surface area contributed by atoms with Crippen molar-refractivity contribution in [3.8, 4) is 11.5 Å². The Balaban J connectivity index is -0.000000107. The average molecular weight is 589 g/mol. The zero-order valence-corrected chi connectivity index (χ0v) is 19.9. The van der Waals surface area contributed by atoms with E-state index in [1.165, 1.54) is 0 Å². The van der Waals surface area contributed by atoms with Crippen molar-refractivity contribution >= 4 is 12.4 Å². The van der Waals surface area contributed by atoms with Gasteiger partial charge in [0.1, 0.15) is 24.7 Å². The minimum atomic E-state index is 0. The van der Waals surface area contributed by atoms with Gasteiger partial charge in [0, 0.05) is 23.6 Å². The zero-order chi connectivity index (χ0) is 15.0. The van der Waals surface area contributed by atoms with Crippen molar-refractivity contribution in [1.82, 2.24) is 0 Å². The number of ether oxygens (including phenoxy) is 2. The molecule has 168 valence electrons. The SMILES string of the molecule is C1=NCCOc2ccccc21.C1=NCCOc2ccccc21.[Br-].[Br-].[Ni+2].[OH3+].[OH3+].[OH3+].[OH3+]. The largest absolute Gasteiger partial charge is 2.00 e. The maximum absolute atomic E-state index is 5.42. The molecule has 2 aliphatic heterocycles. The van der Waals surface area contributed by atoms with Crippen LogP contribution in [0.5, 0.6) is 11.5 Å². The molecule has 8 nitrogen and oxygen atoms in total. The van der Waals surface area contributed by atoms with Crippen LogP contribution >= 0.6 is 0 Å². The molecule has 12 N–H and O–H groups in total. The molecule has 2 aromatic rings. The third-order valence-corrected chi connectivity index (χ3v) is 3.25. The molecular weight excluding hydrogens is 559 g/mol. The molecule has 0 spiro atoms. The van der Waals surface area contributed by atoms with Crippen LogP contribution in [0.25, 0.3) is 0 Å².